The molecule has 0 spiro atoms. The highest BCUT2D eigenvalue weighted by molar-refractivity contribution is 6.02. The van der Waals surface area contributed by atoms with Gasteiger partial charge >= 0.3 is 0 Å². The summed E-state index contributed by atoms with van der Waals surface area (Å²) in [7, 11) is 0. The van der Waals surface area contributed by atoms with Gasteiger partial charge in [0.2, 0.25) is 0 Å². The van der Waals surface area contributed by atoms with Crippen molar-refractivity contribution in [3.05, 3.63) is 29.6 Å². The highest BCUT2D eigenvalue weighted by Gasteiger charge is 2.24. The van der Waals surface area contributed by atoms with Gasteiger partial charge in [0.05, 0.1) is 12.2 Å². The van der Waals surface area contributed by atoms with Crippen molar-refractivity contribution in [3.8, 4) is 0 Å². The van der Waals surface area contributed by atoms with Crippen molar-refractivity contribution in [2.24, 2.45) is 10.9 Å². The number of anilines is 1. The van der Waals surface area contributed by atoms with Gasteiger partial charge in [0, 0.05) is 24.3 Å². The SMILES string of the molecule is CC1CN(c2ccc(F)cc2C(N)=NO)CC(C)O1. The van der Waals surface area contributed by atoms with Crippen LogP contribution >= 0.6 is 0 Å². The fourth-order valence-corrected chi connectivity index (χ4v) is 2.42. The third-order valence-corrected chi connectivity index (χ3v) is 3.10. The Kier molecular flexibility index (Phi) is 3.90. The molecule has 1 saturated heterocycles. The molecule has 6 heteroatoms. The van der Waals surface area contributed by atoms with Gasteiger partial charge in [0.25, 0.3) is 0 Å². The van der Waals surface area contributed by atoms with E-state index < -0.39 is 5.82 Å². The Morgan fingerprint density at radius 2 is 2.05 bits per heavy atom. The lowest BCUT2D eigenvalue weighted by Crippen LogP contribution is -2.46. The minimum Gasteiger partial charge on any atom is -0.409 e. The minimum atomic E-state index is -0.417. The van der Waals surface area contributed by atoms with Gasteiger partial charge in [0.1, 0.15) is 5.82 Å². The van der Waals surface area contributed by atoms with E-state index in [1.54, 1.807) is 6.07 Å². The van der Waals surface area contributed by atoms with E-state index in [1.165, 1.54) is 12.1 Å². The molecule has 1 aliphatic heterocycles. The highest BCUT2D eigenvalue weighted by atomic mass is 19.1. The van der Waals surface area contributed by atoms with Crippen LogP contribution in [-0.4, -0.2) is 36.3 Å². The summed E-state index contributed by atoms with van der Waals surface area (Å²) in [6.45, 7) is 5.33. The number of nitrogens with two attached hydrogens (primary N) is 1. The number of amidine groups is 1. The van der Waals surface area contributed by atoms with E-state index in [-0.39, 0.29) is 18.0 Å². The smallest absolute Gasteiger partial charge is 0.172 e. The Bertz CT molecular complexity index is 483. The van der Waals surface area contributed by atoms with Crippen LogP contribution in [0.25, 0.3) is 0 Å². The Hall–Kier alpha value is -1.82. The Balaban J connectivity index is 2.38. The Morgan fingerprint density at radius 3 is 2.63 bits per heavy atom. The van der Waals surface area contributed by atoms with Gasteiger partial charge in [-0.3, -0.25) is 0 Å². The number of hydrogen-bond donors (Lipinski definition) is 2. The van der Waals surface area contributed by atoms with E-state index in [4.69, 9.17) is 15.7 Å². The molecular formula is C13H18FN3O2. The second kappa shape index (κ2) is 5.44. The van der Waals surface area contributed by atoms with Gasteiger partial charge in [-0.1, -0.05) is 5.16 Å². The summed E-state index contributed by atoms with van der Waals surface area (Å²) < 4.78 is 19.0. The Morgan fingerprint density at radius 1 is 1.42 bits per heavy atom. The summed E-state index contributed by atoms with van der Waals surface area (Å²) >= 11 is 0. The van der Waals surface area contributed by atoms with Crippen LogP contribution in [-0.2, 0) is 4.74 Å². The number of benzene rings is 1. The molecule has 0 amide bonds. The molecule has 2 rings (SSSR count). The predicted octanol–water partition coefficient (Wildman–Crippen LogP) is 1.53. The molecule has 104 valence electrons. The van der Waals surface area contributed by atoms with E-state index in [1.807, 2.05) is 13.8 Å². The number of hydrogen-bond acceptors (Lipinski definition) is 4. The quantitative estimate of drug-likeness (QED) is 0.369. The van der Waals surface area contributed by atoms with Gasteiger partial charge in [-0.15, -0.1) is 0 Å². The largest absolute Gasteiger partial charge is 0.409 e. The molecule has 2 atom stereocenters. The lowest BCUT2D eigenvalue weighted by atomic mass is 10.1. The van der Waals surface area contributed by atoms with Crippen molar-refractivity contribution in [1.29, 1.82) is 0 Å². The molecule has 5 nitrogen and oxygen atoms in total. The Labute approximate surface area is 111 Å². The van der Waals surface area contributed by atoms with E-state index in [0.717, 1.165) is 5.69 Å². The van der Waals surface area contributed by atoms with Crippen LogP contribution in [0.15, 0.2) is 23.4 Å². The fourth-order valence-electron chi connectivity index (χ4n) is 2.42. The number of ether oxygens (including phenoxy) is 1. The number of halogens is 1. The van der Waals surface area contributed by atoms with E-state index in [9.17, 15) is 4.39 Å². The molecule has 2 unspecified atom stereocenters. The molecule has 19 heavy (non-hydrogen) atoms. The molecule has 1 aromatic rings. The first-order valence-electron chi connectivity index (χ1n) is 6.19. The zero-order valence-electron chi connectivity index (χ0n) is 11.0. The summed E-state index contributed by atoms with van der Waals surface area (Å²) in [5.41, 5.74) is 6.76. The van der Waals surface area contributed by atoms with Gasteiger partial charge in [-0.2, -0.15) is 0 Å². The zero-order chi connectivity index (χ0) is 14.0. The van der Waals surface area contributed by atoms with Crippen LogP contribution in [0.3, 0.4) is 0 Å². The van der Waals surface area contributed by atoms with E-state index in [2.05, 4.69) is 10.1 Å². The predicted molar refractivity (Wildman–Crippen MR) is 71.1 cm³/mol. The second-order valence-electron chi connectivity index (χ2n) is 4.81. The average Bonchev–Trinajstić information content (AvgIpc) is 2.36. The molecule has 1 heterocycles. The van der Waals surface area contributed by atoms with E-state index >= 15 is 0 Å². The van der Waals surface area contributed by atoms with Gasteiger partial charge in [-0.25, -0.2) is 4.39 Å². The first-order chi connectivity index (χ1) is 9.01. The zero-order valence-corrected chi connectivity index (χ0v) is 11.0. The molecule has 0 aromatic heterocycles. The van der Waals surface area contributed by atoms with Crippen LogP contribution in [0.2, 0.25) is 0 Å². The molecule has 0 saturated carbocycles. The summed E-state index contributed by atoms with van der Waals surface area (Å²) in [6.07, 6.45) is 0.155. The van der Waals surface area contributed by atoms with Crippen LogP contribution in [0.4, 0.5) is 10.1 Å². The molecule has 0 radical (unpaired) electrons. The summed E-state index contributed by atoms with van der Waals surface area (Å²) in [5.74, 6) is -0.513. The number of morpholine rings is 1. The van der Waals surface area contributed by atoms with Crippen molar-refractivity contribution >= 4 is 11.5 Å². The summed E-state index contributed by atoms with van der Waals surface area (Å²) in [5, 5.41) is 11.8. The van der Waals surface area contributed by atoms with Crippen LogP contribution in [0.1, 0.15) is 19.4 Å². The monoisotopic (exact) mass is 267 g/mol. The average molecular weight is 267 g/mol. The third-order valence-electron chi connectivity index (χ3n) is 3.10. The lowest BCUT2D eigenvalue weighted by molar-refractivity contribution is -0.00522. The van der Waals surface area contributed by atoms with Crippen molar-refractivity contribution in [3.63, 3.8) is 0 Å². The normalized spacial score (nSPS) is 24.6. The number of nitrogens with zero attached hydrogens (tertiary/aromatic N) is 2. The van der Waals surface area contributed by atoms with Gasteiger partial charge in [-0.05, 0) is 32.0 Å². The summed E-state index contributed by atoms with van der Waals surface area (Å²) in [6, 6.07) is 4.29. The van der Waals surface area contributed by atoms with Crippen molar-refractivity contribution in [2.45, 2.75) is 26.1 Å². The van der Waals surface area contributed by atoms with E-state index in [0.29, 0.717) is 18.7 Å². The first kappa shape index (κ1) is 13.6. The summed E-state index contributed by atoms with van der Waals surface area (Å²) in [4.78, 5) is 2.06. The fraction of sp³-hybridized carbons (Fsp3) is 0.462. The number of rotatable bonds is 2. The first-order valence-corrected chi connectivity index (χ1v) is 6.19. The maximum absolute atomic E-state index is 13.3. The lowest BCUT2D eigenvalue weighted by Gasteiger charge is -2.37. The van der Waals surface area contributed by atoms with Crippen LogP contribution in [0, 0.1) is 5.82 Å². The maximum Gasteiger partial charge on any atom is 0.172 e. The third kappa shape index (κ3) is 2.96. The highest BCUT2D eigenvalue weighted by Crippen LogP contribution is 2.25. The van der Waals surface area contributed by atoms with Crippen molar-refractivity contribution in [1.82, 2.24) is 0 Å². The second-order valence-corrected chi connectivity index (χ2v) is 4.81. The molecule has 0 bridgehead atoms. The molecule has 3 N–H and O–H groups in total. The van der Waals surface area contributed by atoms with Crippen molar-refractivity contribution in [2.75, 3.05) is 18.0 Å². The molecule has 1 aliphatic rings. The molecule has 0 aliphatic carbocycles. The number of oxime groups is 1. The topological polar surface area (TPSA) is 71.1 Å². The molecular weight excluding hydrogens is 249 g/mol. The van der Waals surface area contributed by atoms with Crippen molar-refractivity contribution < 1.29 is 14.3 Å². The minimum absolute atomic E-state index is 0.0777. The molecule has 1 aromatic carbocycles. The van der Waals surface area contributed by atoms with Crippen LogP contribution in [0.5, 0.6) is 0 Å². The van der Waals surface area contributed by atoms with Gasteiger partial charge < -0.3 is 20.6 Å². The molecule has 1 fully saturated rings. The van der Waals surface area contributed by atoms with Gasteiger partial charge in [0.15, 0.2) is 5.84 Å². The standard InChI is InChI=1S/C13H18FN3O2/c1-8-6-17(7-9(2)19-8)12-4-3-10(14)5-11(12)13(15)16-18/h3-5,8-9,18H,6-7H2,1-2H3,(H2,15,16). The van der Waals surface area contributed by atoms with Crippen LogP contribution < -0.4 is 10.6 Å². The maximum atomic E-state index is 13.3.